The minimum absolute atomic E-state index is 0.0354. The Morgan fingerprint density at radius 2 is 1.69 bits per heavy atom. The molecule has 4 nitrogen and oxygen atoms in total. The predicted molar refractivity (Wildman–Crippen MR) is 96.6 cm³/mol. The Bertz CT molecular complexity index is 878. The zero-order valence-corrected chi connectivity index (χ0v) is 14.4. The van der Waals surface area contributed by atoms with Crippen molar-refractivity contribution in [2.45, 2.75) is 37.3 Å². The van der Waals surface area contributed by atoms with Crippen LogP contribution in [0.4, 0.5) is 0 Å². The molecule has 2 aliphatic carbocycles. The van der Waals surface area contributed by atoms with Gasteiger partial charge in [-0.1, -0.05) is 54.6 Å². The van der Waals surface area contributed by atoms with Gasteiger partial charge in [-0.3, -0.25) is 4.79 Å². The normalized spacial score (nSPS) is 31.4. The highest BCUT2D eigenvalue weighted by atomic mass is 16.4. The van der Waals surface area contributed by atoms with Gasteiger partial charge in [-0.15, -0.1) is 0 Å². The van der Waals surface area contributed by atoms with E-state index in [1.807, 2.05) is 42.5 Å². The maximum atomic E-state index is 13.4. The zero-order chi connectivity index (χ0) is 17.8. The molecule has 4 unspecified atom stereocenters. The Kier molecular flexibility index (Phi) is 3.42. The van der Waals surface area contributed by atoms with Crippen LogP contribution >= 0.6 is 0 Å². The number of hydrogen-bond donors (Lipinski definition) is 1. The van der Waals surface area contributed by atoms with Gasteiger partial charge in [0.25, 0.3) is 0 Å². The fourth-order valence-electron chi connectivity index (χ4n) is 5.22. The van der Waals surface area contributed by atoms with Crippen LogP contribution in [0.25, 0.3) is 0 Å². The lowest BCUT2D eigenvalue weighted by Crippen LogP contribution is -2.43. The molecule has 4 heteroatoms. The third-order valence-corrected chi connectivity index (χ3v) is 6.43. The van der Waals surface area contributed by atoms with Gasteiger partial charge in [0, 0.05) is 5.92 Å². The molecule has 26 heavy (non-hydrogen) atoms. The molecule has 1 amide bonds. The molecular weight excluding hydrogens is 326 g/mol. The summed E-state index contributed by atoms with van der Waals surface area (Å²) in [6, 6.07) is 17.4. The highest BCUT2D eigenvalue weighted by Gasteiger charge is 2.61. The summed E-state index contributed by atoms with van der Waals surface area (Å²) >= 11 is 0. The molecule has 3 aliphatic rings. The van der Waals surface area contributed by atoms with E-state index in [2.05, 4.69) is 12.1 Å². The SMILES string of the molecule is O=C(O)C1CC[C@@H](c2ccccc2)N1C(=O)C1C2Cc3ccccc3C21. The second kappa shape index (κ2) is 5.70. The largest absolute Gasteiger partial charge is 0.480 e. The molecule has 0 bridgehead atoms. The number of carboxylic acid groups (broad SMARTS) is 1. The number of carboxylic acids is 1. The Hall–Kier alpha value is -2.62. The van der Waals surface area contributed by atoms with Gasteiger partial charge >= 0.3 is 5.97 Å². The lowest BCUT2D eigenvalue weighted by atomic mass is 10.0. The van der Waals surface area contributed by atoms with E-state index in [0.29, 0.717) is 18.8 Å². The van der Waals surface area contributed by atoms with E-state index in [9.17, 15) is 14.7 Å². The van der Waals surface area contributed by atoms with Crippen LogP contribution in [0.15, 0.2) is 54.6 Å². The lowest BCUT2D eigenvalue weighted by molar-refractivity contribution is -0.150. The third-order valence-electron chi connectivity index (χ3n) is 6.43. The quantitative estimate of drug-likeness (QED) is 0.926. The van der Waals surface area contributed by atoms with Gasteiger partial charge in [-0.05, 0) is 47.8 Å². The topological polar surface area (TPSA) is 57.6 Å². The number of benzene rings is 2. The first-order chi connectivity index (χ1) is 12.7. The Morgan fingerprint density at radius 1 is 0.962 bits per heavy atom. The van der Waals surface area contributed by atoms with Crippen LogP contribution in [0.1, 0.15) is 41.5 Å². The monoisotopic (exact) mass is 347 g/mol. The van der Waals surface area contributed by atoms with Gasteiger partial charge in [-0.2, -0.15) is 0 Å². The number of aliphatic carboxylic acids is 1. The summed E-state index contributed by atoms with van der Waals surface area (Å²) < 4.78 is 0. The zero-order valence-electron chi connectivity index (χ0n) is 14.4. The van der Waals surface area contributed by atoms with Gasteiger partial charge in [0.05, 0.1) is 6.04 Å². The standard InChI is InChI=1S/C22H21NO3/c24-21(20-16-12-14-8-4-5-9-15(14)19(16)20)23-17(10-11-18(23)22(25)26)13-6-2-1-3-7-13/h1-9,16-20H,10-12H2,(H,25,26)/t16?,17-,18?,19?,20?/m0/s1. The fraction of sp³-hybridized carbons (Fsp3) is 0.364. The predicted octanol–water partition coefficient (Wildman–Crippen LogP) is 3.39. The average molecular weight is 347 g/mol. The van der Waals surface area contributed by atoms with E-state index < -0.39 is 12.0 Å². The summed E-state index contributed by atoms with van der Waals surface area (Å²) in [5, 5.41) is 9.67. The first kappa shape index (κ1) is 15.6. The summed E-state index contributed by atoms with van der Waals surface area (Å²) in [5.41, 5.74) is 3.68. The number of likely N-dealkylation sites (tertiary alicyclic amines) is 1. The van der Waals surface area contributed by atoms with Crippen LogP contribution in [0.2, 0.25) is 0 Å². The van der Waals surface area contributed by atoms with Gasteiger partial charge in [-0.25, -0.2) is 4.79 Å². The second-order valence-electron chi connectivity index (χ2n) is 7.72. The molecule has 1 saturated carbocycles. The maximum absolute atomic E-state index is 13.4. The Labute approximate surface area is 152 Å². The van der Waals surface area contributed by atoms with Gasteiger partial charge in [0.15, 0.2) is 0 Å². The second-order valence-corrected chi connectivity index (χ2v) is 7.72. The summed E-state index contributed by atoms with van der Waals surface area (Å²) in [4.78, 5) is 26.9. The molecular formula is C22H21NO3. The Morgan fingerprint density at radius 3 is 2.46 bits per heavy atom. The van der Waals surface area contributed by atoms with Crippen LogP contribution < -0.4 is 0 Å². The van der Waals surface area contributed by atoms with Crippen molar-refractivity contribution in [2.75, 3.05) is 0 Å². The molecule has 2 aromatic carbocycles. The highest BCUT2D eigenvalue weighted by molar-refractivity contribution is 5.89. The fourth-order valence-corrected chi connectivity index (χ4v) is 5.22. The molecule has 2 aromatic rings. The van der Waals surface area contributed by atoms with Crippen molar-refractivity contribution in [2.24, 2.45) is 11.8 Å². The van der Waals surface area contributed by atoms with Crippen LogP contribution in [0.3, 0.4) is 0 Å². The number of carbonyl (C=O) groups excluding carboxylic acids is 1. The van der Waals surface area contributed by atoms with Crippen molar-refractivity contribution < 1.29 is 14.7 Å². The van der Waals surface area contributed by atoms with Gasteiger partial charge < -0.3 is 10.0 Å². The van der Waals surface area contributed by atoms with E-state index in [0.717, 1.165) is 12.0 Å². The molecule has 1 N–H and O–H groups in total. The van der Waals surface area contributed by atoms with Crippen LogP contribution in [-0.2, 0) is 16.0 Å². The number of amides is 1. The summed E-state index contributed by atoms with van der Waals surface area (Å²) in [6.45, 7) is 0. The molecule has 132 valence electrons. The third kappa shape index (κ3) is 2.21. The minimum atomic E-state index is -0.886. The van der Waals surface area contributed by atoms with Crippen LogP contribution in [0, 0.1) is 11.8 Å². The summed E-state index contributed by atoms with van der Waals surface area (Å²) in [6.07, 6.45) is 2.18. The summed E-state index contributed by atoms with van der Waals surface area (Å²) in [5.74, 6) is -0.260. The number of fused-ring (bicyclic) bond motifs is 3. The van der Waals surface area contributed by atoms with E-state index in [1.54, 1.807) is 4.90 Å². The first-order valence-corrected chi connectivity index (χ1v) is 9.34. The van der Waals surface area contributed by atoms with Crippen molar-refractivity contribution in [1.29, 1.82) is 0 Å². The van der Waals surface area contributed by atoms with Gasteiger partial charge in [0.1, 0.15) is 6.04 Å². The first-order valence-electron chi connectivity index (χ1n) is 9.34. The maximum Gasteiger partial charge on any atom is 0.326 e. The molecule has 1 heterocycles. The van der Waals surface area contributed by atoms with Crippen molar-refractivity contribution in [3.05, 3.63) is 71.3 Å². The Balaban J connectivity index is 1.45. The molecule has 0 spiro atoms. The molecule has 0 radical (unpaired) electrons. The average Bonchev–Trinajstić information content (AvgIpc) is 3.03. The molecule has 5 rings (SSSR count). The number of carbonyl (C=O) groups is 2. The van der Waals surface area contributed by atoms with E-state index in [-0.39, 0.29) is 23.8 Å². The van der Waals surface area contributed by atoms with Gasteiger partial charge in [0.2, 0.25) is 5.91 Å². The number of hydrogen-bond acceptors (Lipinski definition) is 2. The van der Waals surface area contributed by atoms with Crippen LogP contribution in [-0.4, -0.2) is 27.9 Å². The number of nitrogens with zero attached hydrogens (tertiary/aromatic N) is 1. The van der Waals surface area contributed by atoms with Crippen molar-refractivity contribution >= 4 is 11.9 Å². The smallest absolute Gasteiger partial charge is 0.326 e. The lowest BCUT2D eigenvalue weighted by Gasteiger charge is -2.29. The van der Waals surface area contributed by atoms with Crippen molar-refractivity contribution in [3.8, 4) is 0 Å². The van der Waals surface area contributed by atoms with Crippen molar-refractivity contribution in [3.63, 3.8) is 0 Å². The van der Waals surface area contributed by atoms with Crippen LogP contribution in [0.5, 0.6) is 0 Å². The molecule has 1 saturated heterocycles. The number of rotatable bonds is 3. The van der Waals surface area contributed by atoms with E-state index in [4.69, 9.17) is 0 Å². The van der Waals surface area contributed by atoms with E-state index >= 15 is 0 Å². The molecule has 1 aliphatic heterocycles. The van der Waals surface area contributed by atoms with Crippen molar-refractivity contribution in [1.82, 2.24) is 4.90 Å². The minimum Gasteiger partial charge on any atom is -0.480 e. The highest BCUT2D eigenvalue weighted by Crippen LogP contribution is 2.62. The molecule has 5 atom stereocenters. The molecule has 2 fully saturated rings. The summed E-state index contributed by atoms with van der Waals surface area (Å²) in [7, 11) is 0. The molecule has 0 aromatic heterocycles. The van der Waals surface area contributed by atoms with E-state index in [1.165, 1.54) is 11.1 Å².